The number of sulfonamides is 1. The lowest BCUT2D eigenvalue weighted by atomic mass is 10.3. The number of nitrogens with zero attached hydrogens (tertiary/aromatic N) is 4. The van der Waals surface area contributed by atoms with Crippen molar-refractivity contribution in [2.75, 3.05) is 26.2 Å². The molecule has 0 bridgehead atoms. The Morgan fingerprint density at radius 1 is 1.26 bits per heavy atom. The highest BCUT2D eigenvalue weighted by molar-refractivity contribution is 7.89. The van der Waals surface area contributed by atoms with Gasteiger partial charge in [0, 0.05) is 26.2 Å². The van der Waals surface area contributed by atoms with Crippen LogP contribution in [0.3, 0.4) is 0 Å². The van der Waals surface area contributed by atoms with Crippen LogP contribution in [0.15, 0.2) is 4.52 Å². The molecule has 0 saturated carbocycles. The third-order valence-corrected chi connectivity index (χ3v) is 5.49. The molecule has 0 atom stereocenters. The van der Waals surface area contributed by atoms with Crippen LogP contribution >= 0.6 is 0 Å². The maximum Gasteiger partial charge on any atom is 0.240 e. The fourth-order valence-electron chi connectivity index (χ4n) is 2.04. The van der Waals surface area contributed by atoms with Crippen molar-refractivity contribution in [1.82, 2.24) is 19.3 Å². The molecule has 1 aromatic heterocycles. The molecule has 0 aromatic carbocycles. The van der Waals surface area contributed by atoms with E-state index in [9.17, 15) is 8.42 Å². The monoisotopic (exact) mass is 288 g/mol. The smallest absolute Gasteiger partial charge is 0.240 e. The van der Waals surface area contributed by atoms with Gasteiger partial charge in [-0.1, -0.05) is 5.16 Å². The van der Waals surface area contributed by atoms with Crippen LogP contribution in [-0.2, 0) is 16.6 Å². The molecule has 0 spiro atoms. The van der Waals surface area contributed by atoms with Crippen molar-refractivity contribution in [3.05, 3.63) is 11.7 Å². The number of aryl methyl sites for hydroxylation is 1. The molecule has 7 nitrogen and oxygen atoms in total. The summed E-state index contributed by atoms with van der Waals surface area (Å²) in [6.45, 7) is 8.20. The van der Waals surface area contributed by atoms with Crippen molar-refractivity contribution < 1.29 is 12.9 Å². The van der Waals surface area contributed by atoms with E-state index in [0.717, 1.165) is 0 Å². The van der Waals surface area contributed by atoms with Crippen LogP contribution in [-0.4, -0.2) is 59.2 Å². The molecule has 2 heterocycles. The lowest BCUT2D eigenvalue weighted by Crippen LogP contribution is -2.50. The number of rotatable bonds is 4. The molecular weight excluding hydrogens is 268 g/mol. The van der Waals surface area contributed by atoms with Gasteiger partial charge in [-0.2, -0.15) is 9.29 Å². The van der Waals surface area contributed by atoms with Crippen molar-refractivity contribution >= 4 is 10.0 Å². The topological polar surface area (TPSA) is 79.5 Å². The van der Waals surface area contributed by atoms with Gasteiger partial charge in [-0.05, 0) is 20.8 Å². The molecule has 1 fully saturated rings. The Morgan fingerprint density at radius 3 is 2.37 bits per heavy atom. The minimum Gasteiger partial charge on any atom is -0.338 e. The van der Waals surface area contributed by atoms with Crippen LogP contribution in [0.1, 0.15) is 25.6 Å². The Labute approximate surface area is 113 Å². The fraction of sp³-hybridized carbons (Fsp3) is 0.818. The summed E-state index contributed by atoms with van der Waals surface area (Å²) in [5.74, 6) is 1.20. The summed E-state index contributed by atoms with van der Waals surface area (Å²) >= 11 is 0. The molecule has 0 unspecified atom stereocenters. The largest absolute Gasteiger partial charge is 0.338 e. The number of aromatic nitrogens is 2. The van der Waals surface area contributed by atoms with Gasteiger partial charge in [-0.25, -0.2) is 8.42 Å². The Kier molecular flexibility index (Phi) is 4.22. The van der Waals surface area contributed by atoms with Crippen LogP contribution in [0.2, 0.25) is 0 Å². The highest BCUT2D eigenvalue weighted by atomic mass is 32.2. The van der Waals surface area contributed by atoms with Crippen LogP contribution in [0, 0.1) is 6.92 Å². The summed E-state index contributed by atoms with van der Waals surface area (Å²) in [4.78, 5) is 6.27. The minimum absolute atomic E-state index is 0.363. The second-order valence-corrected chi connectivity index (χ2v) is 7.49. The van der Waals surface area contributed by atoms with E-state index >= 15 is 0 Å². The van der Waals surface area contributed by atoms with E-state index < -0.39 is 10.0 Å². The second-order valence-electron chi connectivity index (χ2n) is 5.00. The van der Waals surface area contributed by atoms with E-state index in [1.165, 1.54) is 0 Å². The van der Waals surface area contributed by atoms with Crippen LogP contribution < -0.4 is 0 Å². The van der Waals surface area contributed by atoms with Gasteiger partial charge in [-0.15, -0.1) is 0 Å². The molecule has 0 aliphatic carbocycles. The second kappa shape index (κ2) is 5.56. The average molecular weight is 288 g/mol. The molecule has 8 heteroatoms. The summed E-state index contributed by atoms with van der Waals surface area (Å²) in [5.41, 5.74) is 0. The molecule has 2 rings (SSSR count). The molecule has 1 saturated heterocycles. The van der Waals surface area contributed by atoms with Crippen molar-refractivity contribution in [1.29, 1.82) is 0 Å². The van der Waals surface area contributed by atoms with Gasteiger partial charge < -0.3 is 4.52 Å². The van der Waals surface area contributed by atoms with Crippen molar-refractivity contribution in [2.45, 2.75) is 32.6 Å². The third-order valence-electron chi connectivity index (χ3n) is 3.22. The molecule has 19 heavy (non-hydrogen) atoms. The number of hydrogen-bond donors (Lipinski definition) is 0. The van der Waals surface area contributed by atoms with Crippen molar-refractivity contribution in [3.8, 4) is 0 Å². The molecular formula is C11H20N4O3S. The Bertz CT molecular complexity index is 518. The van der Waals surface area contributed by atoms with Gasteiger partial charge in [-0.3, -0.25) is 4.90 Å². The van der Waals surface area contributed by atoms with Gasteiger partial charge in [0.25, 0.3) is 0 Å². The zero-order valence-electron chi connectivity index (χ0n) is 11.5. The van der Waals surface area contributed by atoms with E-state index in [1.807, 2.05) is 0 Å². The zero-order valence-corrected chi connectivity index (χ0v) is 12.4. The minimum atomic E-state index is -3.14. The van der Waals surface area contributed by atoms with Crippen molar-refractivity contribution in [3.63, 3.8) is 0 Å². The maximum atomic E-state index is 12.0. The van der Waals surface area contributed by atoms with Gasteiger partial charge in [0.15, 0.2) is 5.82 Å². The summed E-state index contributed by atoms with van der Waals surface area (Å²) in [6.07, 6.45) is 0. The SMILES string of the molecule is Cc1noc(CN2CCN(S(=O)(=O)C(C)C)CC2)n1. The van der Waals surface area contributed by atoms with Crippen LogP contribution in [0.4, 0.5) is 0 Å². The molecule has 1 aliphatic heterocycles. The first kappa shape index (κ1) is 14.4. The first-order chi connectivity index (χ1) is 8.89. The molecule has 108 valence electrons. The van der Waals surface area contributed by atoms with E-state index in [4.69, 9.17) is 4.52 Å². The predicted octanol–water partition coefficient (Wildman–Crippen LogP) is 0.234. The van der Waals surface area contributed by atoms with Gasteiger partial charge in [0.1, 0.15) is 0 Å². The predicted molar refractivity (Wildman–Crippen MR) is 69.9 cm³/mol. The zero-order chi connectivity index (χ0) is 14.0. The quantitative estimate of drug-likeness (QED) is 0.789. The van der Waals surface area contributed by atoms with Crippen LogP contribution in [0.25, 0.3) is 0 Å². The van der Waals surface area contributed by atoms with Gasteiger partial charge in [0.2, 0.25) is 15.9 Å². The number of hydrogen-bond acceptors (Lipinski definition) is 6. The summed E-state index contributed by atoms with van der Waals surface area (Å²) in [6, 6.07) is 0. The first-order valence-corrected chi connectivity index (χ1v) is 7.90. The standard InChI is InChI=1S/C11H20N4O3S/c1-9(2)19(16,17)15-6-4-14(5-7-15)8-11-12-10(3)13-18-11/h9H,4-8H2,1-3H3. The maximum absolute atomic E-state index is 12.0. The van der Waals surface area contributed by atoms with Crippen LogP contribution in [0.5, 0.6) is 0 Å². The highest BCUT2D eigenvalue weighted by Gasteiger charge is 2.29. The van der Waals surface area contributed by atoms with E-state index in [0.29, 0.717) is 44.4 Å². The summed E-state index contributed by atoms with van der Waals surface area (Å²) in [5, 5.41) is 3.38. The number of piperazine rings is 1. The van der Waals surface area contributed by atoms with E-state index in [1.54, 1.807) is 25.1 Å². The average Bonchev–Trinajstić information content (AvgIpc) is 2.75. The molecule has 0 radical (unpaired) electrons. The molecule has 1 aromatic rings. The molecule has 1 aliphatic rings. The van der Waals surface area contributed by atoms with Crippen molar-refractivity contribution in [2.24, 2.45) is 0 Å². The van der Waals surface area contributed by atoms with E-state index in [2.05, 4.69) is 15.0 Å². The van der Waals surface area contributed by atoms with Gasteiger partial charge >= 0.3 is 0 Å². The lowest BCUT2D eigenvalue weighted by molar-refractivity contribution is 0.163. The van der Waals surface area contributed by atoms with E-state index in [-0.39, 0.29) is 5.25 Å². The first-order valence-electron chi connectivity index (χ1n) is 6.40. The Balaban J connectivity index is 1.89. The molecule has 0 amide bonds. The summed E-state index contributed by atoms with van der Waals surface area (Å²) < 4.78 is 30.7. The molecule has 0 N–H and O–H groups in total. The lowest BCUT2D eigenvalue weighted by Gasteiger charge is -2.34. The Hall–Kier alpha value is -0.990. The van der Waals surface area contributed by atoms with Gasteiger partial charge in [0.05, 0.1) is 11.8 Å². The Morgan fingerprint density at radius 2 is 1.89 bits per heavy atom. The summed E-state index contributed by atoms with van der Waals surface area (Å²) in [7, 11) is -3.14. The third kappa shape index (κ3) is 3.31. The normalized spacial score (nSPS) is 19.2. The highest BCUT2D eigenvalue weighted by Crippen LogP contribution is 2.13. The fourth-order valence-corrected chi connectivity index (χ4v) is 3.30.